The monoisotopic (exact) mass is 646 g/mol. The summed E-state index contributed by atoms with van der Waals surface area (Å²) in [5.41, 5.74) is -1.05. The van der Waals surface area contributed by atoms with Crippen LogP contribution in [0.15, 0.2) is 11.6 Å². The zero-order valence-corrected chi connectivity index (χ0v) is 28.4. The molecule has 6 rings (SSSR count). The lowest BCUT2D eigenvalue weighted by Gasteiger charge is -2.70. The maximum atomic E-state index is 14.5. The lowest BCUT2D eigenvalue weighted by molar-refractivity contribution is -0.289. The Morgan fingerprint density at radius 1 is 0.848 bits per heavy atom. The highest BCUT2D eigenvalue weighted by atomic mass is 16.7. The largest absolute Gasteiger partial charge is 0.479 e. The summed E-state index contributed by atoms with van der Waals surface area (Å²) in [6, 6.07) is 0. The summed E-state index contributed by atoms with van der Waals surface area (Å²) >= 11 is 0. The van der Waals surface area contributed by atoms with Gasteiger partial charge in [0.25, 0.3) is 0 Å². The number of esters is 1. The van der Waals surface area contributed by atoms with Crippen LogP contribution in [0.5, 0.6) is 0 Å². The number of ether oxygens (including phenoxy) is 2. The fourth-order valence-electron chi connectivity index (χ4n) is 11.8. The highest BCUT2D eigenvalue weighted by Crippen LogP contribution is 2.75. The van der Waals surface area contributed by atoms with Gasteiger partial charge in [0.05, 0.1) is 11.5 Å². The molecule has 0 aromatic carbocycles. The van der Waals surface area contributed by atoms with Gasteiger partial charge in [-0.15, -0.1) is 0 Å². The summed E-state index contributed by atoms with van der Waals surface area (Å²) in [5, 5.41) is 51.2. The molecule has 5 aliphatic carbocycles. The number of aliphatic hydroxyl groups is 4. The predicted octanol–water partition coefficient (Wildman–Crippen LogP) is 3.76. The number of carboxylic acids is 1. The first-order valence-corrected chi connectivity index (χ1v) is 17.2. The molecule has 10 nitrogen and oxygen atoms in total. The van der Waals surface area contributed by atoms with Crippen molar-refractivity contribution in [1.82, 2.24) is 0 Å². The van der Waals surface area contributed by atoms with E-state index in [1.165, 1.54) is 0 Å². The third-order valence-electron chi connectivity index (χ3n) is 15.1. The van der Waals surface area contributed by atoms with E-state index >= 15 is 0 Å². The van der Waals surface area contributed by atoms with E-state index in [1.54, 1.807) is 0 Å². The van der Waals surface area contributed by atoms with Gasteiger partial charge in [-0.05, 0) is 110 Å². The average Bonchev–Trinajstić information content (AvgIpc) is 2.97. The summed E-state index contributed by atoms with van der Waals surface area (Å²) in [6.07, 6.45) is -0.683. The number of carbonyl (C=O) groups excluding carboxylic acids is 2. The Labute approximate surface area is 271 Å². The van der Waals surface area contributed by atoms with Crippen LogP contribution in [0.3, 0.4) is 0 Å². The summed E-state index contributed by atoms with van der Waals surface area (Å²) in [7, 11) is 0. The number of allylic oxidation sites excluding steroid dienone is 2. The van der Waals surface area contributed by atoms with Crippen LogP contribution >= 0.6 is 0 Å². The molecule has 46 heavy (non-hydrogen) atoms. The lowest BCUT2D eigenvalue weighted by Crippen LogP contribution is -2.66. The smallest absolute Gasteiger partial charge is 0.335 e. The minimum atomic E-state index is -1.88. The number of fused-ring (bicyclic) bond motifs is 7. The molecule has 1 aliphatic heterocycles. The number of carbonyl (C=O) groups is 3. The van der Waals surface area contributed by atoms with Crippen molar-refractivity contribution in [3.63, 3.8) is 0 Å². The van der Waals surface area contributed by atoms with Crippen molar-refractivity contribution in [2.24, 2.45) is 50.2 Å². The van der Waals surface area contributed by atoms with Crippen molar-refractivity contribution in [1.29, 1.82) is 0 Å². The second-order valence-electron chi connectivity index (χ2n) is 17.8. The molecule has 6 aliphatic rings. The van der Waals surface area contributed by atoms with Crippen LogP contribution in [0.2, 0.25) is 0 Å². The van der Waals surface area contributed by atoms with Gasteiger partial charge in [0, 0.05) is 5.92 Å². The zero-order chi connectivity index (χ0) is 34.0. The number of ketones is 1. The Hall–Kier alpha value is -1.85. The molecule has 5 N–H and O–H groups in total. The van der Waals surface area contributed by atoms with E-state index in [1.807, 2.05) is 13.0 Å². The molecule has 5 fully saturated rings. The molecule has 4 saturated carbocycles. The molecule has 258 valence electrons. The van der Waals surface area contributed by atoms with E-state index < -0.39 is 48.1 Å². The lowest BCUT2D eigenvalue weighted by atomic mass is 9.33. The Morgan fingerprint density at radius 3 is 2.15 bits per heavy atom. The maximum absolute atomic E-state index is 14.5. The molecule has 2 unspecified atom stereocenters. The summed E-state index contributed by atoms with van der Waals surface area (Å²) in [5.74, 6) is -2.02. The van der Waals surface area contributed by atoms with Crippen molar-refractivity contribution < 1.29 is 49.4 Å². The standard InChI is InChI=1S/C36H54O10/c1-31(2)21-8-11-36(7)27(34(21,5)10-9-22(31)38)20(37)16-18-19-17-33(4,13-12-32(19,3)14-15-35(18,36)6)30(44)46-29-25(41)23(39)24(40)26(45-29)28(42)43/h16,19,21-27,29,38-41H,8-15,17H2,1-7H3,(H,42,43)/t19-,21?,22+,23+,24+,25-,26+,27?,29+,32-,33-,34+,35-,36-/m1/s1. The van der Waals surface area contributed by atoms with E-state index in [2.05, 4.69) is 41.5 Å². The second kappa shape index (κ2) is 10.6. The molecular weight excluding hydrogens is 592 g/mol. The zero-order valence-electron chi connectivity index (χ0n) is 28.4. The van der Waals surface area contributed by atoms with Gasteiger partial charge in [-0.2, -0.15) is 0 Å². The summed E-state index contributed by atoms with van der Waals surface area (Å²) in [6.45, 7) is 15.3. The fourth-order valence-corrected chi connectivity index (χ4v) is 11.8. The third kappa shape index (κ3) is 4.49. The van der Waals surface area contributed by atoms with Crippen molar-refractivity contribution in [3.8, 4) is 0 Å². The fraction of sp³-hybridized carbons (Fsp3) is 0.861. The van der Waals surface area contributed by atoms with Gasteiger partial charge >= 0.3 is 11.9 Å². The first-order chi connectivity index (χ1) is 21.2. The quantitative estimate of drug-likeness (QED) is 0.285. The Kier molecular flexibility index (Phi) is 7.82. The molecule has 0 aromatic heterocycles. The van der Waals surface area contributed by atoms with Crippen LogP contribution in [0.4, 0.5) is 0 Å². The number of aliphatic hydroxyl groups excluding tert-OH is 4. The van der Waals surface area contributed by atoms with Gasteiger partial charge < -0.3 is 35.0 Å². The molecule has 0 spiro atoms. The molecule has 0 amide bonds. The van der Waals surface area contributed by atoms with Crippen LogP contribution < -0.4 is 0 Å². The first-order valence-electron chi connectivity index (χ1n) is 17.2. The van der Waals surface area contributed by atoms with Crippen LogP contribution in [0, 0.1) is 50.2 Å². The van der Waals surface area contributed by atoms with Gasteiger partial charge in [-0.3, -0.25) is 9.59 Å². The van der Waals surface area contributed by atoms with E-state index in [0.717, 1.165) is 44.1 Å². The van der Waals surface area contributed by atoms with Crippen molar-refractivity contribution in [2.75, 3.05) is 0 Å². The third-order valence-corrected chi connectivity index (χ3v) is 15.1. The molecular formula is C36H54O10. The van der Waals surface area contributed by atoms with Gasteiger partial charge in [-0.25, -0.2) is 4.79 Å². The number of hydrogen-bond donors (Lipinski definition) is 5. The Bertz CT molecular complexity index is 1340. The van der Waals surface area contributed by atoms with Crippen molar-refractivity contribution in [2.45, 2.75) is 143 Å². The first kappa shape index (κ1) is 34.0. The van der Waals surface area contributed by atoms with Gasteiger partial charge in [0.1, 0.15) is 18.3 Å². The minimum absolute atomic E-state index is 0.0641. The van der Waals surface area contributed by atoms with Crippen molar-refractivity contribution in [3.05, 3.63) is 11.6 Å². The topological polar surface area (TPSA) is 171 Å². The maximum Gasteiger partial charge on any atom is 0.335 e. The second-order valence-corrected chi connectivity index (χ2v) is 17.8. The Morgan fingerprint density at radius 2 is 1.50 bits per heavy atom. The number of aliphatic carboxylic acids is 1. The minimum Gasteiger partial charge on any atom is -0.479 e. The number of hydrogen-bond acceptors (Lipinski definition) is 9. The van der Waals surface area contributed by atoms with Gasteiger partial charge in [0.2, 0.25) is 6.29 Å². The van der Waals surface area contributed by atoms with Crippen LogP contribution in [0.25, 0.3) is 0 Å². The molecule has 0 aromatic rings. The predicted molar refractivity (Wildman–Crippen MR) is 166 cm³/mol. The average molecular weight is 647 g/mol. The van der Waals surface area contributed by atoms with Crippen LogP contribution in [-0.4, -0.2) is 80.1 Å². The molecule has 0 radical (unpaired) electrons. The molecule has 0 bridgehead atoms. The molecule has 10 heteroatoms. The van der Waals surface area contributed by atoms with Gasteiger partial charge in [-0.1, -0.05) is 47.1 Å². The number of rotatable bonds is 3. The van der Waals surface area contributed by atoms with E-state index in [9.17, 15) is 39.9 Å². The van der Waals surface area contributed by atoms with E-state index in [-0.39, 0.29) is 56.7 Å². The van der Waals surface area contributed by atoms with Crippen LogP contribution in [-0.2, 0) is 23.9 Å². The van der Waals surface area contributed by atoms with Crippen molar-refractivity contribution >= 4 is 17.7 Å². The molecule has 1 saturated heterocycles. The molecule has 14 atom stereocenters. The highest BCUT2D eigenvalue weighted by Gasteiger charge is 2.70. The van der Waals surface area contributed by atoms with Gasteiger partial charge in [0.15, 0.2) is 11.9 Å². The van der Waals surface area contributed by atoms with E-state index in [4.69, 9.17) is 9.47 Å². The number of carboxylic acid groups (broad SMARTS) is 1. The summed E-state index contributed by atoms with van der Waals surface area (Å²) in [4.78, 5) is 40.0. The summed E-state index contributed by atoms with van der Waals surface area (Å²) < 4.78 is 10.9. The molecule has 1 heterocycles. The SMILES string of the molecule is CC1(C)C2CC[C@]3(C)C(C(=O)C=C4[C@H]5C[C@](C)(C(=O)O[C@@H]6O[C@H](C(=O)O)[C@@H](O)[C@H](O)[C@H]6O)CC[C@]5(C)CC[C@]43C)[C@@]2(C)CC[C@@H]1O. The highest BCUT2D eigenvalue weighted by molar-refractivity contribution is 5.95. The Balaban J connectivity index is 1.31. The van der Waals surface area contributed by atoms with E-state index in [0.29, 0.717) is 19.3 Å². The van der Waals surface area contributed by atoms with Crippen LogP contribution in [0.1, 0.15) is 106 Å². The normalized spacial score (nSPS) is 53.1.